The maximum atomic E-state index is 10.6. The Labute approximate surface area is 128 Å². The van der Waals surface area contributed by atoms with E-state index < -0.39 is 15.9 Å². The lowest BCUT2D eigenvalue weighted by Crippen LogP contribution is -2.64. The standard InChI is InChI=1S/C12H10N6O5/c13-12(16-18(21)22)15-14-7-10-5-6-11(23-10)8-1-3-9(4-2-8)17(19)20/h1-7H,(H3,13,15,16)/p+1. The molecule has 0 unspecified atom stereocenters. The zero-order valence-corrected chi connectivity index (χ0v) is 11.5. The van der Waals surface area contributed by atoms with Gasteiger partial charge in [-0.25, -0.2) is 10.1 Å². The summed E-state index contributed by atoms with van der Waals surface area (Å²) >= 11 is 0. The van der Waals surface area contributed by atoms with E-state index in [0.29, 0.717) is 17.1 Å². The van der Waals surface area contributed by atoms with Gasteiger partial charge in [-0.15, -0.1) is 0 Å². The lowest BCUT2D eigenvalue weighted by atomic mass is 10.1. The third kappa shape index (κ3) is 4.35. The maximum Gasteiger partial charge on any atom is 0.319 e. The van der Waals surface area contributed by atoms with Crippen molar-refractivity contribution in [3.8, 4) is 11.3 Å². The summed E-state index contributed by atoms with van der Waals surface area (Å²) in [7, 11) is 0. The van der Waals surface area contributed by atoms with Crippen LogP contribution in [0.15, 0.2) is 45.9 Å². The van der Waals surface area contributed by atoms with Crippen molar-refractivity contribution in [2.75, 3.05) is 0 Å². The van der Waals surface area contributed by atoms with E-state index in [9.17, 15) is 20.2 Å². The Kier molecular flexibility index (Phi) is 4.62. The van der Waals surface area contributed by atoms with Gasteiger partial charge < -0.3 is 10.2 Å². The fourth-order valence-corrected chi connectivity index (χ4v) is 1.62. The smallest absolute Gasteiger partial charge is 0.319 e. The first-order chi connectivity index (χ1) is 11.0. The molecule has 0 radical (unpaired) electrons. The van der Waals surface area contributed by atoms with E-state index in [2.05, 4.69) is 10.2 Å². The number of hydrogen-bond acceptors (Lipinski definition) is 6. The van der Waals surface area contributed by atoms with Crippen LogP contribution in [0.1, 0.15) is 5.76 Å². The molecule has 0 aliphatic carbocycles. The normalized spacial score (nSPS) is 11.6. The van der Waals surface area contributed by atoms with Crippen LogP contribution >= 0.6 is 0 Å². The highest BCUT2D eigenvalue weighted by Gasteiger charge is 2.08. The van der Waals surface area contributed by atoms with Gasteiger partial charge in [0.1, 0.15) is 5.76 Å². The Morgan fingerprint density at radius 2 is 1.91 bits per heavy atom. The Bertz CT molecular complexity index is 779. The summed E-state index contributed by atoms with van der Waals surface area (Å²) in [6, 6.07) is 9.14. The van der Waals surface area contributed by atoms with Crippen molar-refractivity contribution in [2.45, 2.75) is 0 Å². The second kappa shape index (κ2) is 6.80. The van der Waals surface area contributed by atoms with Gasteiger partial charge in [-0.1, -0.05) is 10.5 Å². The first-order valence-electron chi connectivity index (χ1n) is 6.13. The van der Waals surface area contributed by atoms with Gasteiger partial charge in [-0.2, -0.15) is 0 Å². The molecule has 1 aromatic heterocycles. The number of nitro benzene ring substituents is 1. The van der Waals surface area contributed by atoms with E-state index >= 15 is 0 Å². The molecular weight excluding hydrogens is 308 g/mol. The van der Waals surface area contributed by atoms with Crippen LogP contribution in [0, 0.1) is 20.2 Å². The number of hydrazine groups is 1. The maximum absolute atomic E-state index is 10.6. The summed E-state index contributed by atoms with van der Waals surface area (Å²) in [6.07, 6.45) is 1.34. The first-order valence-corrected chi connectivity index (χ1v) is 6.13. The van der Waals surface area contributed by atoms with Crippen LogP contribution in [0.4, 0.5) is 5.69 Å². The average molecular weight is 319 g/mol. The van der Waals surface area contributed by atoms with E-state index in [0.717, 1.165) is 0 Å². The SMILES string of the molecule is NC(=N[NH+]=Cc1ccc(-c2ccc([N+](=O)[O-])cc2)o1)N[N+](=O)[O-]. The number of non-ortho nitro benzene ring substituents is 1. The fraction of sp³-hybridized carbons (Fsp3) is 0. The predicted molar refractivity (Wildman–Crippen MR) is 78.7 cm³/mol. The number of nitrogens with two attached hydrogens (primary N) is 1. The van der Waals surface area contributed by atoms with E-state index in [4.69, 9.17) is 10.2 Å². The van der Waals surface area contributed by atoms with Crippen molar-refractivity contribution >= 4 is 17.9 Å². The molecule has 0 bridgehead atoms. The highest BCUT2D eigenvalue weighted by atomic mass is 16.7. The zero-order valence-electron chi connectivity index (χ0n) is 11.5. The molecule has 0 saturated heterocycles. The molecule has 2 rings (SSSR count). The van der Waals surface area contributed by atoms with E-state index in [1.54, 1.807) is 29.7 Å². The molecule has 0 atom stereocenters. The van der Waals surface area contributed by atoms with Crippen molar-refractivity contribution in [2.24, 2.45) is 10.8 Å². The summed E-state index contributed by atoms with van der Waals surface area (Å²) in [4.78, 5) is 20.2. The Balaban J connectivity index is 2.08. The molecule has 4 N–H and O–H groups in total. The highest BCUT2D eigenvalue weighted by Crippen LogP contribution is 2.23. The number of guanidine groups is 1. The lowest BCUT2D eigenvalue weighted by Gasteiger charge is -1.95. The number of nitrogens with one attached hydrogen (secondary N) is 2. The predicted octanol–water partition coefficient (Wildman–Crippen LogP) is -0.635. The van der Waals surface area contributed by atoms with E-state index in [1.807, 2.05) is 0 Å². The minimum atomic E-state index is -0.847. The van der Waals surface area contributed by atoms with Gasteiger partial charge in [0.2, 0.25) is 6.21 Å². The van der Waals surface area contributed by atoms with Crippen LogP contribution in [0.2, 0.25) is 0 Å². The van der Waals surface area contributed by atoms with Crippen LogP contribution in [0.3, 0.4) is 0 Å². The molecule has 0 saturated carbocycles. The van der Waals surface area contributed by atoms with E-state index in [-0.39, 0.29) is 5.69 Å². The van der Waals surface area contributed by atoms with Gasteiger partial charge in [-0.3, -0.25) is 10.1 Å². The number of benzene rings is 1. The average Bonchev–Trinajstić information content (AvgIpc) is 2.95. The second-order valence-electron chi connectivity index (χ2n) is 4.15. The summed E-state index contributed by atoms with van der Waals surface area (Å²) in [5.41, 5.74) is 7.50. The minimum absolute atomic E-state index is 0.0168. The van der Waals surface area contributed by atoms with Gasteiger partial charge >= 0.3 is 5.96 Å². The Hall–Kier alpha value is -3.76. The van der Waals surface area contributed by atoms with Crippen molar-refractivity contribution < 1.29 is 19.5 Å². The van der Waals surface area contributed by atoms with Crippen molar-refractivity contribution in [3.63, 3.8) is 0 Å². The Morgan fingerprint density at radius 3 is 2.52 bits per heavy atom. The van der Waals surface area contributed by atoms with Gasteiger partial charge in [-0.05, 0) is 24.3 Å². The number of rotatable bonds is 5. The second-order valence-corrected chi connectivity index (χ2v) is 4.15. The number of hydrogen-bond donors (Lipinski definition) is 3. The fourth-order valence-electron chi connectivity index (χ4n) is 1.62. The molecule has 23 heavy (non-hydrogen) atoms. The van der Waals surface area contributed by atoms with Gasteiger partial charge in [0.05, 0.1) is 4.92 Å². The molecule has 0 fully saturated rings. The highest BCUT2D eigenvalue weighted by molar-refractivity contribution is 5.76. The summed E-state index contributed by atoms with van der Waals surface area (Å²) < 4.78 is 5.48. The van der Waals surface area contributed by atoms with Gasteiger partial charge in [0.25, 0.3) is 5.69 Å². The van der Waals surface area contributed by atoms with Crippen LogP contribution in [0.25, 0.3) is 11.3 Å². The lowest BCUT2D eigenvalue weighted by molar-refractivity contribution is -0.528. The molecule has 1 heterocycles. The van der Waals surface area contributed by atoms with Gasteiger partial charge in [0, 0.05) is 22.8 Å². The summed E-state index contributed by atoms with van der Waals surface area (Å²) in [6.45, 7) is 0. The molecule has 0 amide bonds. The monoisotopic (exact) mass is 319 g/mol. The molecule has 0 aliphatic rings. The molecule has 11 heteroatoms. The van der Waals surface area contributed by atoms with Crippen LogP contribution in [0.5, 0.6) is 0 Å². The van der Waals surface area contributed by atoms with Crippen molar-refractivity contribution in [3.05, 3.63) is 62.4 Å². The molecule has 2 aromatic rings. The molecule has 11 nitrogen and oxygen atoms in total. The number of hydrazone groups is 1. The summed E-state index contributed by atoms with van der Waals surface area (Å²) in [5, 5.41) is 25.7. The molecular formula is C12H11N6O5+. The quantitative estimate of drug-likeness (QED) is 0.285. The third-order valence-electron chi connectivity index (χ3n) is 2.59. The zero-order chi connectivity index (χ0) is 16.8. The van der Waals surface area contributed by atoms with Crippen LogP contribution in [-0.2, 0) is 0 Å². The number of nitro groups is 2. The van der Waals surface area contributed by atoms with Crippen molar-refractivity contribution in [1.82, 2.24) is 5.43 Å². The minimum Gasteiger partial charge on any atom is -0.450 e. The first kappa shape index (κ1) is 15.6. The van der Waals surface area contributed by atoms with Crippen LogP contribution in [-0.4, -0.2) is 22.1 Å². The molecule has 118 valence electrons. The molecule has 1 aromatic carbocycles. The number of nitrogens with zero attached hydrogens (tertiary/aromatic N) is 3. The topological polar surface area (TPSA) is 164 Å². The third-order valence-corrected chi connectivity index (χ3v) is 2.59. The molecule has 0 spiro atoms. The largest absolute Gasteiger partial charge is 0.450 e. The van der Waals surface area contributed by atoms with Gasteiger partial charge in [0.15, 0.2) is 10.8 Å². The Morgan fingerprint density at radius 1 is 1.22 bits per heavy atom. The van der Waals surface area contributed by atoms with E-state index in [1.165, 1.54) is 18.3 Å². The van der Waals surface area contributed by atoms with Crippen LogP contribution < -0.4 is 16.3 Å². The van der Waals surface area contributed by atoms with Crippen molar-refractivity contribution in [1.29, 1.82) is 0 Å². The summed E-state index contributed by atoms with van der Waals surface area (Å²) in [5.74, 6) is 0.456. The number of furan rings is 1. The molecule has 0 aliphatic heterocycles.